The molecule has 0 radical (unpaired) electrons. The van der Waals surface area contributed by atoms with E-state index in [0.29, 0.717) is 12.2 Å². The van der Waals surface area contributed by atoms with Gasteiger partial charge in [0, 0.05) is 17.8 Å². The molecular formula is C30H30N4O2S. The lowest BCUT2D eigenvalue weighted by Crippen LogP contribution is -2.44. The van der Waals surface area contributed by atoms with Crippen LogP contribution in [0.2, 0.25) is 0 Å². The highest BCUT2D eigenvalue weighted by atomic mass is 32.2. The Kier molecular flexibility index (Phi) is 7.15. The van der Waals surface area contributed by atoms with E-state index in [1.807, 2.05) is 97.4 Å². The van der Waals surface area contributed by atoms with Crippen molar-refractivity contribution in [1.29, 1.82) is 0 Å². The SMILES string of the molecule is CCc1ccc(N2C(=O)CSc3c(c(C)nn3-c3ccccc3)[C@@H]2C(=O)NCc2ccc(C)cc2)cc1. The molecule has 2 heterocycles. The predicted molar refractivity (Wildman–Crippen MR) is 148 cm³/mol. The van der Waals surface area contributed by atoms with E-state index < -0.39 is 6.04 Å². The first-order chi connectivity index (χ1) is 18.0. The molecule has 0 saturated carbocycles. The van der Waals surface area contributed by atoms with Crippen molar-refractivity contribution in [3.63, 3.8) is 0 Å². The average molecular weight is 511 g/mol. The number of benzene rings is 3. The van der Waals surface area contributed by atoms with Gasteiger partial charge in [-0.1, -0.05) is 78.8 Å². The summed E-state index contributed by atoms with van der Waals surface area (Å²) in [4.78, 5) is 29.2. The first kappa shape index (κ1) is 24.8. The molecule has 6 nitrogen and oxygen atoms in total. The summed E-state index contributed by atoms with van der Waals surface area (Å²) in [7, 11) is 0. The van der Waals surface area contributed by atoms with Gasteiger partial charge < -0.3 is 5.32 Å². The number of amides is 2. The lowest BCUT2D eigenvalue weighted by Gasteiger charge is -2.30. The number of hydrogen-bond donors (Lipinski definition) is 1. The van der Waals surface area contributed by atoms with Gasteiger partial charge in [0.2, 0.25) is 11.8 Å². The molecule has 1 N–H and O–H groups in total. The number of para-hydroxylation sites is 1. The maximum Gasteiger partial charge on any atom is 0.248 e. The van der Waals surface area contributed by atoms with Crippen LogP contribution in [0, 0.1) is 13.8 Å². The summed E-state index contributed by atoms with van der Waals surface area (Å²) < 4.78 is 1.85. The first-order valence-electron chi connectivity index (χ1n) is 12.5. The van der Waals surface area contributed by atoms with E-state index in [1.54, 1.807) is 4.90 Å². The number of rotatable bonds is 6. The fourth-order valence-electron chi connectivity index (χ4n) is 4.61. The van der Waals surface area contributed by atoms with Crippen molar-refractivity contribution in [2.75, 3.05) is 10.7 Å². The number of hydrogen-bond acceptors (Lipinski definition) is 4. The maximum absolute atomic E-state index is 14.0. The molecule has 0 bridgehead atoms. The van der Waals surface area contributed by atoms with Gasteiger partial charge in [-0.15, -0.1) is 0 Å². The zero-order valence-corrected chi connectivity index (χ0v) is 22.1. The Morgan fingerprint density at radius 1 is 0.946 bits per heavy atom. The number of aromatic nitrogens is 2. The number of carbonyl (C=O) groups is 2. The van der Waals surface area contributed by atoms with E-state index in [0.717, 1.165) is 39.5 Å². The number of carbonyl (C=O) groups excluding carboxylic acids is 2. The standard InChI is InChI=1S/C30H30N4O2S/c1-4-22-14-16-24(17-15-22)33-26(35)19-37-30-27(21(3)32-34(30)25-8-6-5-7-9-25)28(33)29(36)31-18-23-12-10-20(2)11-13-23/h5-17,28H,4,18-19H2,1-3H3,(H,31,36)/t28-/m1/s1. The van der Waals surface area contributed by atoms with E-state index in [4.69, 9.17) is 5.10 Å². The van der Waals surface area contributed by atoms with Gasteiger partial charge in [0.15, 0.2) is 0 Å². The Balaban J connectivity index is 1.59. The third kappa shape index (κ3) is 5.04. The normalized spacial score (nSPS) is 15.3. The van der Waals surface area contributed by atoms with E-state index in [1.165, 1.54) is 17.3 Å². The van der Waals surface area contributed by atoms with Crippen LogP contribution in [0.15, 0.2) is 83.9 Å². The van der Waals surface area contributed by atoms with Crippen LogP contribution in [0.5, 0.6) is 0 Å². The lowest BCUT2D eigenvalue weighted by molar-refractivity contribution is -0.126. The summed E-state index contributed by atoms with van der Waals surface area (Å²) in [5.41, 5.74) is 6.44. The van der Waals surface area contributed by atoms with Crippen LogP contribution in [0.1, 0.15) is 40.9 Å². The summed E-state index contributed by atoms with van der Waals surface area (Å²) in [5.74, 6) is -0.129. The summed E-state index contributed by atoms with van der Waals surface area (Å²) in [6, 6.07) is 25.0. The highest BCUT2D eigenvalue weighted by Crippen LogP contribution is 2.41. The molecule has 1 atom stereocenters. The third-order valence-corrected chi connectivity index (χ3v) is 7.71. The van der Waals surface area contributed by atoms with Crippen LogP contribution >= 0.6 is 11.8 Å². The molecule has 1 aromatic heterocycles. The van der Waals surface area contributed by atoms with E-state index in [2.05, 4.69) is 12.2 Å². The number of nitrogens with one attached hydrogen (secondary N) is 1. The summed E-state index contributed by atoms with van der Waals surface area (Å²) in [6.07, 6.45) is 0.900. The molecule has 3 aromatic carbocycles. The van der Waals surface area contributed by atoms with Crippen molar-refractivity contribution >= 4 is 29.3 Å². The maximum atomic E-state index is 14.0. The van der Waals surface area contributed by atoms with Gasteiger partial charge in [-0.05, 0) is 55.7 Å². The van der Waals surface area contributed by atoms with Gasteiger partial charge >= 0.3 is 0 Å². The number of anilines is 1. The van der Waals surface area contributed by atoms with Gasteiger partial charge in [0.25, 0.3) is 0 Å². The van der Waals surface area contributed by atoms with Crippen LogP contribution in [0.4, 0.5) is 5.69 Å². The average Bonchev–Trinajstić information content (AvgIpc) is 3.16. The van der Waals surface area contributed by atoms with Crippen LogP contribution in [-0.4, -0.2) is 27.3 Å². The van der Waals surface area contributed by atoms with Crippen molar-refractivity contribution in [2.45, 2.75) is 44.8 Å². The third-order valence-electron chi connectivity index (χ3n) is 6.65. The number of aryl methyl sites for hydroxylation is 3. The molecule has 7 heteroatoms. The molecule has 1 aliphatic heterocycles. The Morgan fingerprint density at radius 3 is 2.30 bits per heavy atom. The van der Waals surface area contributed by atoms with Crippen LogP contribution < -0.4 is 10.2 Å². The monoisotopic (exact) mass is 510 g/mol. The minimum atomic E-state index is -0.840. The number of fused-ring (bicyclic) bond motifs is 1. The molecule has 0 spiro atoms. The van der Waals surface area contributed by atoms with Crippen LogP contribution in [-0.2, 0) is 22.6 Å². The fourth-order valence-corrected chi connectivity index (χ4v) is 5.70. The molecule has 0 fully saturated rings. The molecule has 37 heavy (non-hydrogen) atoms. The Morgan fingerprint density at radius 2 is 1.62 bits per heavy atom. The molecule has 0 unspecified atom stereocenters. The molecule has 4 aromatic rings. The molecule has 5 rings (SSSR count). The molecule has 1 aliphatic rings. The molecule has 0 saturated heterocycles. The zero-order chi connectivity index (χ0) is 25.9. The molecule has 0 aliphatic carbocycles. The van der Waals surface area contributed by atoms with Gasteiger partial charge in [0.05, 0.1) is 17.1 Å². The van der Waals surface area contributed by atoms with Crippen molar-refractivity contribution in [1.82, 2.24) is 15.1 Å². The lowest BCUT2D eigenvalue weighted by atomic mass is 10.0. The van der Waals surface area contributed by atoms with Crippen molar-refractivity contribution in [3.8, 4) is 5.69 Å². The zero-order valence-electron chi connectivity index (χ0n) is 21.3. The first-order valence-corrected chi connectivity index (χ1v) is 13.5. The topological polar surface area (TPSA) is 67.2 Å². The molecule has 2 amide bonds. The quantitative estimate of drug-likeness (QED) is 0.369. The highest BCUT2D eigenvalue weighted by Gasteiger charge is 2.40. The summed E-state index contributed by atoms with van der Waals surface area (Å²) in [6.45, 7) is 6.42. The molecule has 188 valence electrons. The fraction of sp³-hybridized carbons (Fsp3) is 0.233. The summed E-state index contributed by atoms with van der Waals surface area (Å²) >= 11 is 1.43. The van der Waals surface area contributed by atoms with E-state index >= 15 is 0 Å². The Hall–Kier alpha value is -3.84. The van der Waals surface area contributed by atoms with Gasteiger partial charge in [-0.3, -0.25) is 14.5 Å². The van der Waals surface area contributed by atoms with Crippen molar-refractivity contribution in [3.05, 3.63) is 107 Å². The number of nitrogens with zero attached hydrogens (tertiary/aromatic N) is 3. The second-order valence-electron chi connectivity index (χ2n) is 9.23. The molecular weight excluding hydrogens is 480 g/mol. The second-order valence-corrected chi connectivity index (χ2v) is 10.2. The largest absolute Gasteiger partial charge is 0.350 e. The van der Waals surface area contributed by atoms with E-state index in [-0.39, 0.29) is 17.6 Å². The van der Waals surface area contributed by atoms with Crippen molar-refractivity contribution in [2.24, 2.45) is 0 Å². The smallest absolute Gasteiger partial charge is 0.248 e. The second kappa shape index (κ2) is 10.6. The van der Waals surface area contributed by atoms with E-state index in [9.17, 15) is 9.59 Å². The minimum Gasteiger partial charge on any atom is -0.350 e. The van der Waals surface area contributed by atoms with Gasteiger partial charge in [0.1, 0.15) is 11.1 Å². The highest BCUT2D eigenvalue weighted by molar-refractivity contribution is 8.00. The van der Waals surface area contributed by atoms with Gasteiger partial charge in [-0.2, -0.15) is 5.10 Å². The predicted octanol–water partition coefficient (Wildman–Crippen LogP) is 5.55. The van der Waals surface area contributed by atoms with Crippen LogP contribution in [0.3, 0.4) is 0 Å². The number of thioether (sulfide) groups is 1. The van der Waals surface area contributed by atoms with Crippen molar-refractivity contribution < 1.29 is 9.59 Å². The Bertz CT molecular complexity index is 1410. The van der Waals surface area contributed by atoms with Crippen LogP contribution in [0.25, 0.3) is 5.69 Å². The minimum absolute atomic E-state index is 0.111. The van der Waals surface area contributed by atoms with Gasteiger partial charge in [-0.25, -0.2) is 4.68 Å². The summed E-state index contributed by atoms with van der Waals surface area (Å²) in [5, 5.41) is 8.74. The Labute approximate surface area is 221 Å².